The van der Waals surface area contributed by atoms with Crippen molar-refractivity contribution in [2.75, 3.05) is 6.61 Å². The van der Waals surface area contributed by atoms with Gasteiger partial charge >= 0.3 is 0 Å². The van der Waals surface area contributed by atoms with Gasteiger partial charge in [-0.1, -0.05) is 31.2 Å². The molecule has 1 aromatic carbocycles. The number of carbonyl (C=O) groups is 1. The highest BCUT2D eigenvalue weighted by atomic mass is 32.1. The molecule has 0 bridgehead atoms. The van der Waals surface area contributed by atoms with Crippen LogP contribution in [0.25, 0.3) is 0 Å². The van der Waals surface area contributed by atoms with E-state index in [4.69, 9.17) is 4.74 Å². The second kappa shape index (κ2) is 7.48. The smallest absolute Gasteiger partial charge is 0.191 e. The van der Waals surface area contributed by atoms with Gasteiger partial charge < -0.3 is 4.74 Å². The maximum atomic E-state index is 12.3. The fraction of sp³-hybridized carbons (Fsp3) is 0.412. The van der Waals surface area contributed by atoms with E-state index in [0.29, 0.717) is 12.2 Å². The average molecular weight is 303 g/mol. The Bertz CT molecular complexity index is 589. The van der Waals surface area contributed by atoms with Gasteiger partial charge in [-0.05, 0) is 25.8 Å². The van der Waals surface area contributed by atoms with E-state index < -0.39 is 6.10 Å². The van der Waals surface area contributed by atoms with Crippen molar-refractivity contribution in [3.8, 4) is 0 Å². The van der Waals surface area contributed by atoms with Gasteiger partial charge in [-0.3, -0.25) is 4.79 Å². The van der Waals surface area contributed by atoms with Crippen molar-refractivity contribution in [1.82, 2.24) is 4.98 Å². The molecule has 0 fully saturated rings. The van der Waals surface area contributed by atoms with E-state index in [2.05, 4.69) is 11.9 Å². The molecule has 0 spiro atoms. The number of ketones is 1. The lowest BCUT2D eigenvalue weighted by Gasteiger charge is -2.12. The topological polar surface area (TPSA) is 39.2 Å². The Morgan fingerprint density at radius 3 is 2.62 bits per heavy atom. The summed E-state index contributed by atoms with van der Waals surface area (Å²) in [5.41, 5.74) is 4.85. The van der Waals surface area contributed by atoms with Crippen molar-refractivity contribution in [3.63, 3.8) is 0 Å². The number of rotatable bonds is 7. The number of benzene rings is 1. The maximum Gasteiger partial charge on any atom is 0.191 e. The monoisotopic (exact) mass is 303 g/mol. The van der Waals surface area contributed by atoms with Gasteiger partial charge in [0.1, 0.15) is 6.10 Å². The Morgan fingerprint density at radius 1 is 1.33 bits per heavy atom. The first-order chi connectivity index (χ1) is 10.1. The Morgan fingerprint density at radius 2 is 2.05 bits per heavy atom. The summed E-state index contributed by atoms with van der Waals surface area (Å²) < 4.78 is 5.67. The number of thiazole rings is 1. The SMILES string of the molecule is CCc1ccc(C(=O)C(C)OCCc2scnc2C)cc1. The van der Waals surface area contributed by atoms with E-state index in [0.717, 1.165) is 18.5 Å². The summed E-state index contributed by atoms with van der Waals surface area (Å²) >= 11 is 1.63. The summed E-state index contributed by atoms with van der Waals surface area (Å²) in [6.07, 6.45) is 1.38. The Kier molecular flexibility index (Phi) is 5.65. The zero-order valence-electron chi connectivity index (χ0n) is 12.8. The Labute approximate surface area is 130 Å². The number of hydrogen-bond acceptors (Lipinski definition) is 4. The van der Waals surface area contributed by atoms with Crippen LogP contribution in [0, 0.1) is 6.92 Å². The van der Waals surface area contributed by atoms with Gasteiger partial charge in [0.25, 0.3) is 0 Å². The Hall–Kier alpha value is -1.52. The van der Waals surface area contributed by atoms with Crippen molar-refractivity contribution >= 4 is 17.1 Å². The molecule has 1 heterocycles. The van der Waals surface area contributed by atoms with Crippen LogP contribution < -0.4 is 0 Å². The van der Waals surface area contributed by atoms with Crippen molar-refractivity contribution in [1.29, 1.82) is 0 Å². The summed E-state index contributed by atoms with van der Waals surface area (Å²) in [5, 5.41) is 0. The minimum absolute atomic E-state index is 0.0404. The molecule has 0 aliphatic heterocycles. The van der Waals surface area contributed by atoms with E-state index in [1.807, 2.05) is 43.6 Å². The van der Waals surface area contributed by atoms with Gasteiger partial charge in [-0.25, -0.2) is 4.98 Å². The van der Waals surface area contributed by atoms with Crippen LogP contribution >= 0.6 is 11.3 Å². The summed E-state index contributed by atoms with van der Waals surface area (Å²) in [6.45, 7) is 6.46. The van der Waals surface area contributed by atoms with Gasteiger partial charge in [0.05, 0.1) is 17.8 Å². The molecular formula is C17H21NO2S. The summed E-state index contributed by atoms with van der Waals surface area (Å²) in [5.74, 6) is 0.0404. The summed E-state index contributed by atoms with van der Waals surface area (Å²) in [4.78, 5) is 17.7. The average Bonchev–Trinajstić information content (AvgIpc) is 2.92. The van der Waals surface area contributed by atoms with Crippen molar-refractivity contribution in [2.24, 2.45) is 0 Å². The third kappa shape index (κ3) is 4.22. The highest BCUT2D eigenvalue weighted by Gasteiger charge is 2.15. The van der Waals surface area contributed by atoms with Crippen LogP contribution in [0.5, 0.6) is 0 Å². The van der Waals surface area contributed by atoms with Crippen LogP contribution in [-0.2, 0) is 17.6 Å². The second-order valence-corrected chi connectivity index (χ2v) is 5.98. The van der Waals surface area contributed by atoms with Gasteiger partial charge in [-0.15, -0.1) is 11.3 Å². The maximum absolute atomic E-state index is 12.3. The molecule has 1 aromatic heterocycles. The lowest BCUT2D eigenvalue weighted by atomic mass is 10.0. The van der Waals surface area contributed by atoms with Gasteiger partial charge in [0, 0.05) is 16.9 Å². The van der Waals surface area contributed by atoms with Crippen LogP contribution in [0.2, 0.25) is 0 Å². The van der Waals surface area contributed by atoms with Crippen molar-refractivity contribution in [2.45, 2.75) is 39.7 Å². The molecule has 0 aliphatic carbocycles. The van der Waals surface area contributed by atoms with Gasteiger partial charge in [-0.2, -0.15) is 0 Å². The molecule has 4 heteroatoms. The highest BCUT2D eigenvalue weighted by molar-refractivity contribution is 7.09. The first-order valence-corrected chi connectivity index (χ1v) is 8.13. The molecule has 0 radical (unpaired) electrons. The van der Waals surface area contributed by atoms with E-state index in [-0.39, 0.29) is 5.78 Å². The third-order valence-electron chi connectivity index (χ3n) is 3.56. The van der Waals surface area contributed by atoms with Crippen molar-refractivity contribution < 1.29 is 9.53 Å². The van der Waals surface area contributed by atoms with E-state index >= 15 is 0 Å². The third-order valence-corrected chi connectivity index (χ3v) is 4.55. The molecule has 2 aromatic rings. The molecule has 1 unspecified atom stereocenters. The highest BCUT2D eigenvalue weighted by Crippen LogP contribution is 2.14. The number of aromatic nitrogens is 1. The standard InChI is InChI=1S/C17H21NO2S/c1-4-14-5-7-15(8-6-14)17(19)13(3)20-10-9-16-12(2)18-11-21-16/h5-8,11,13H,4,9-10H2,1-3H3. The lowest BCUT2D eigenvalue weighted by molar-refractivity contribution is 0.0488. The minimum atomic E-state index is -0.411. The fourth-order valence-corrected chi connectivity index (χ4v) is 2.87. The zero-order valence-corrected chi connectivity index (χ0v) is 13.6. The molecule has 112 valence electrons. The lowest BCUT2D eigenvalue weighted by Crippen LogP contribution is -2.22. The molecule has 0 saturated heterocycles. The number of hydrogen-bond donors (Lipinski definition) is 0. The zero-order chi connectivity index (χ0) is 15.2. The molecule has 0 aliphatic rings. The van der Waals surface area contributed by atoms with Crippen LogP contribution in [0.3, 0.4) is 0 Å². The first-order valence-electron chi connectivity index (χ1n) is 7.25. The first kappa shape index (κ1) is 15.9. The predicted molar refractivity (Wildman–Crippen MR) is 86.1 cm³/mol. The minimum Gasteiger partial charge on any atom is -0.370 e. The Balaban J connectivity index is 1.85. The molecule has 0 N–H and O–H groups in total. The number of carbonyl (C=O) groups excluding carboxylic acids is 1. The van der Waals surface area contributed by atoms with Crippen LogP contribution in [0.1, 0.15) is 40.3 Å². The molecule has 0 amide bonds. The van der Waals surface area contributed by atoms with E-state index in [9.17, 15) is 4.79 Å². The summed E-state index contributed by atoms with van der Waals surface area (Å²) in [6, 6.07) is 7.77. The van der Waals surface area contributed by atoms with E-state index in [1.54, 1.807) is 11.3 Å². The van der Waals surface area contributed by atoms with Crippen LogP contribution in [0.4, 0.5) is 0 Å². The number of ether oxygens (including phenoxy) is 1. The largest absolute Gasteiger partial charge is 0.370 e. The molecule has 21 heavy (non-hydrogen) atoms. The second-order valence-electron chi connectivity index (χ2n) is 5.04. The normalized spacial score (nSPS) is 12.3. The van der Waals surface area contributed by atoms with Gasteiger partial charge in [0.2, 0.25) is 0 Å². The molecule has 1 atom stereocenters. The van der Waals surface area contributed by atoms with E-state index in [1.165, 1.54) is 10.4 Å². The number of Topliss-reactive ketones (excluding diaryl/α,β-unsaturated/α-hetero) is 1. The predicted octanol–water partition coefficient (Wildman–Crippen LogP) is 3.84. The quantitative estimate of drug-likeness (QED) is 0.729. The van der Waals surface area contributed by atoms with Crippen LogP contribution in [0.15, 0.2) is 29.8 Å². The summed E-state index contributed by atoms with van der Waals surface area (Å²) in [7, 11) is 0. The molecule has 0 saturated carbocycles. The number of nitrogens with zero attached hydrogens (tertiary/aromatic N) is 1. The van der Waals surface area contributed by atoms with Crippen LogP contribution in [-0.4, -0.2) is 23.5 Å². The van der Waals surface area contributed by atoms with Gasteiger partial charge in [0.15, 0.2) is 5.78 Å². The molecule has 2 rings (SSSR count). The van der Waals surface area contributed by atoms with Crippen molar-refractivity contribution in [3.05, 3.63) is 51.5 Å². The molecular weight excluding hydrogens is 282 g/mol. The molecule has 3 nitrogen and oxygen atoms in total. The number of aryl methyl sites for hydroxylation is 2. The fourth-order valence-electron chi connectivity index (χ4n) is 2.11.